The molecule has 1 aromatic rings. The van der Waals surface area contributed by atoms with E-state index in [0.29, 0.717) is 19.5 Å². The highest BCUT2D eigenvalue weighted by Gasteiger charge is 2.44. The van der Waals surface area contributed by atoms with Gasteiger partial charge in [-0.3, -0.25) is 0 Å². The van der Waals surface area contributed by atoms with E-state index in [1.165, 1.54) is 4.90 Å². The van der Waals surface area contributed by atoms with Crippen LogP contribution in [0.2, 0.25) is 0 Å². The van der Waals surface area contributed by atoms with E-state index in [4.69, 9.17) is 13.9 Å². The minimum absolute atomic E-state index is 0.0242. The number of aromatic nitrogens is 1. The van der Waals surface area contributed by atoms with Gasteiger partial charge in [0.2, 0.25) is 11.7 Å². The van der Waals surface area contributed by atoms with Crippen LogP contribution in [0.25, 0.3) is 0 Å². The Hall–Kier alpha value is -2.41. The molecule has 0 bridgehead atoms. The lowest BCUT2D eigenvalue weighted by Gasteiger charge is -2.39. The number of hydrogen-bond donors (Lipinski definition) is 1. The zero-order chi connectivity index (χ0) is 17.4. The van der Waals surface area contributed by atoms with Crippen LogP contribution in [-0.2, 0) is 22.2 Å². The molecular weight excluding hydrogens is 339 g/mol. The monoisotopic (exact) mass is 351 g/mol. The lowest BCUT2D eigenvalue weighted by molar-refractivity contribution is -0.486. The molecule has 1 aromatic heterocycles. The summed E-state index contributed by atoms with van der Waals surface area (Å²) in [5, 5.41) is 15.6. The van der Waals surface area contributed by atoms with Gasteiger partial charge in [0.05, 0.1) is 32.8 Å². The molecule has 13 heteroatoms. The van der Waals surface area contributed by atoms with Crippen molar-refractivity contribution in [1.82, 2.24) is 15.2 Å². The van der Waals surface area contributed by atoms with E-state index in [9.17, 15) is 23.3 Å². The maximum Gasteiger partial charge on any atom is 0.436 e. The number of nitro groups is 1. The van der Waals surface area contributed by atoms with Crippen molar-refractivity contribution >= 4 is 5.96 Å². The molecule has 3 heterocycles. The van der Waals surface area contributed by atoms with Gasteiger partial charge in [0.15, 0.2) is 10.7 Å². The fraction of sp³-hybridized carbons (Fsp3) is 0.636. The predicted molar refractivity (Wildman–Crippen MR) is 69.0 cm³/mol. The summed E-state index contributed by atoms with van der Waals surface area (Å²) >= 11 is 0. The predicted octanol–water partition coefficient (Wildman–Crippen LogP) is 0.389. The molecule has 0 unspecified atom stereocenters. The van der Waals surface area contributed by atoms with Gasteiger partial charge in [-0.15, -0.1) is 0 Å². The van der Waals surface area contributed by atoms with E-state index in [1.807, 2.05) is 0 Å². The van der Waals surface area contributed by atoms with E-state index in [2.05, 4.69) is 15.4 Å². The lowest BCUT2D eigenvalue weighted by Crippen LogP contribution is -2.61. The van der Waals surface area contributed by atoms with Crippen LogP contribution >= 0.6 is 0 Å². The smallest absolute Gasteiger partial charge is 0.436 e. The summed E-state index contributed by atoms with van der Waals surface area (Å²) in [6.07, 6.45) is -4.16. The average molecular weight is 351 g/mol. The van der Waals surface area contributed by atoms with Gasteiger partial charge in [-0.25, -0.2) is 15.1 Å². The molecule has 0 aliphatic carbocycles. The molecule has 2 saturated heterocycles. The highest BCUT2D eigenvalue weighted by molar-refractivity contribution is 5.80. The van der Waals surface area contributed by atoms with Crippen molar-refractivity contribution in [1.29, 1.82) is 0 Å². The number of hydrogen-bond acceptors (Lipinski definition) is 6. The van der Waals surface area contributed by atoms with Crippen LogP contribution in [0.5, 0.6) is 0 Å². The van der Waals surface area contributed by atoms with Gasteiger partial charge in [0.1, 0.15) is 11.4 Å². The molecule has 2 aliphatic rings. The molecule has 0 aromatic carbocycles. The first kappa shape index (κ1) is 16.4. The van der Waals surface area contributed by atoms with Crippen LogP contribution in [0.3, 0.4) is 0 Å². The van der Waals surface area contributed by atoms with Crippen molar-refractivity contribution in [2.75, 3.05) is 26.3 Å². The van der Waals surface area contributed by atoms with Crippen molar-refractivity contribution in [3.05, 3.63) is 28.0 Å². The second kappa shape index (κ2) is 5.90. The Labute approximate surface area is 132 Å². The van der Waals surface area contributed by atoms with Crippen molar-refractivity contribution in [2.45, 2.75) is 18.5 Å². The van der Waals surface area contributed by atoms with Gasteiger partial charge in [0.25, 0.3) is 5.96 Å². The van der Waals surface area contributed by atoms with E-state index in [0.717, 1.165) is 0 Å². The normalized spacial score (nSPS) is 22.1. The molecule has 0 saturated carbocycles. The van der Waals surface area contributed by atoms with Gasteiger partial charge in [-0.2, -0.15) is 13.2 Å². The van der Waals surface area contributed by atoms with Gasteiger partial charge in [0, 0.05) is 0 Å². The number of ether oxygens (including phenoxy) is 2. The van der Waals surface area contributed by atoms with Crippen molar-refractivity contribution in [2.24, 2.45) is 5.10 Å². The molecule has 2 fully saturated rings. The summed E-state index contributed by atoms with van der Waals surface area (Å²) in [7, 11) is 0. The Morgan fingerprint density at radius 1 is 1.46 bits per heavy atom. The van der Waals surface area contributed by atoms with Crippen LogP contribution < -0.4 is 5.32 Å². The third kappa shape index (κ3) is 3.41. The molecule has 0 radical (unpaired) electrons. The van der Waals surface area contributed by atoms with E-state index >= 15 is 0 Å². The number of rotatable bonds is 3. The molecule has 1 N–H and O–H groups in total. The molecule has 3 rings (SSSR count). The number of hydrazone groups is 1. The van der Waals surface area contributed by atoms with Crippen molar-refractivity contribution in [3.63, 3.8) is 0 Å². The second-order valence-electron chi connectivity index (χ2n) is 5.10. The highest BCUT2D eigenvalue weighted by Crippen LogP contribution is 2.29. The number of alkyl halides is 3. The fourth-order valence-electron chi connectivity index (χ4n) is 2.42. The number of guanidine groups is 1. The molecular formula is C11H12F3N5O5. The molecule has 0 amide bonds. The number of halogens is 3. The zero-order valence-electron chi connectivity index (χ0n) is 12.1. The van der Waals surface area contributed by atoms with E-state index in [-0.39, 0.29) is 31.5 Å². The van der Waals surface area contributed by atoms with Crippen LogP contribution in [0.15, 0.2) is 15.8 Å². The number of oxazole rings is 1. The Bertz CT molecular complexity index is 655. The summed E-state index contributed by atoms with van der Waals surface area (Å²) in [4.78, 5) is 15.2. The molecule has 10 nitrogen and oxygen atoms in total. The van der Waals surface area contributed by atoms with Crippen LogP contribution in [0.4, 0.5) is 13.2 Å². The maximum absolute atomic E-state index is 12.6. The van der Waals surface area contributed by atoms with Crippen LogP contribution in [0.1, 0.15) is 11.6 Å². The number of nitrogens with one attached hydrogen (secondary N) is 1. The molecule has 132 valence electrons. The minimum Gasteiger partial charge on any atom is -0.446 e. The number of nitrogens with zero attached hydrogens (tertiary/aromatic N) is 4. The van der Waals surface area contributed by atoms with E-state index in [1.54, 1.807) is 0 Å². The molecule has 0 atom stereocenters. The summed E-state index contributed by atoms with van der Waals surface area (Å²) in [6, 6.07) is 0. The summed E-state index contributed by atoms with van der Waals surface area (Å²) in [5.74, 6) is -1.46. The third-order valence-corrected chi connectivity index (χ3v) is 3.41. The third-order valence-electron chi connectivity index (χ3n) is 3.41. The van der Waals surface area contributed by atoms with Crippen molar-refractivity contribution < 1.29 is 32.1 Å². The van der Waals surface area contributed by atoms with Crippen LogP contribution in [0, 0.1) is 10.1 Å². The van der Waals surface area contributed by atoms with Crippen molar-refractivity contribution in [3.8, 4) is 0 Å². The topological polar surface area (TPSA) is 115 Å². The summed E-state index contributed by atoms with van der Waals surface area (Å²) in [5.41, 5.74) is -1.18. The summed E-state index contributed by atoms with van der Waals surface area (Å²) < 4.78 is 53.5. The quantitative estimate of drug-likeness (QED) is 0.614. The van der Waals surface area contributed by atoms with E-state index < -0.39 is 22.7 Å². The van der Waals surface area contributed by atoms with Gasteiger partial charge in [-0.05, 0) is 0 Å². The SMILES string of the molecule is O=[N+]([O-])/N=C1\NCC2(CN1Cc1nc(C(F)(F)F)co1)OCCO2. The Morgan fingerprint density at radius 3 is 2.75 bits per heavy atom. The molecule has 24 heavy (non-hydrogen) atoms. The molecule has 1 spiro atoms. The standard InChI is InChI=1S/C11H12F3N5O5/c12-11(13,14)7-4-22-8(16-7)3-18-6-10(23-1-2-24-10)5-15-9(18)17-19(20)21/h4H,1-3,5-6H2,(H,15,17). The van der Waals surface area contributed by atoms with Gasteiger partial charge < -0.3 is 24.1 Å². The van der Waals surface area contributed by atoms with Gasteiger partial charge in [-0.1, -0.05) is 0 Å². The Kier molecular flexibility index (Phi) is 4.04. The Balaban J connectivity index is 1.80. The average Bonchev–Trinajstić information content (AvgIpc) is 3.11. The Morgan fingerprint density at radius 2 is 2.17 bits per heavy atom. The minimum atomic E-state index is -4.64. The first-order chi connectivity index (χ1) is 11.3. The molecule has 2 aliphatic heterocycles. The second-order valence-corrected chi connectivity index (χ2v) is 5.10. The van der Waals surface area contributed by atoms with Crippen LogP contribution in [-0.4, -0.2) is 53.0 Å². The largest absolute Gasteiger partial charge is 0.446 e. The first-order valence-electron chi connectivity index (χ1n) is 6.79. The fourth-order valence-corrected chi connectivity index (χ4v) is 2.42. The lowest BCUT2D eigenvalue weighted by atomic mass is 10.2. The highest BCUT2D eigenvalue weighted by atomic mass is 19.4. The maximum atomic E-state index is 12.6. The van der Waals surface area contributed by atoms with Gasteiger partial charge >= 0.3 is 6.18 Å². The zero-order valence-corrected chi connectivity index (χ0v) is 12.1. The summed E-state index contributed by atoms with van der Waals surface area (Å²) in [6.45, 7) is 0.555. The first-order valence-corrected chi connectivity index (χ1v) is 6.79.